The highest BCUT2D eigenvalue weighted by Gasteiger charge is 2.17. The lowest BCUT2D eigenvalue weighted by atomic mass is 10.1. The van der Waals surface area contributed by atoms with Crippen molar-refractivity contribution in [2.75, 3.05) is 12.4 Å². The summed E-state index contributed by atoms with van der Waals surface area (Å²) in [4.78, 5) is 48.5. The van der Waals surface area contributed by atoms with E-state index in [1.807, 2.05) is 19.1 Å². The van der Waals surface area contributed by atoms with Gasteiger partial charge in [-0.15, -0.1) is 0 Å². The number of methoxy groups -OCH3 is 1. The Morgan fingerprint density at radius 3 is 2.49 bits per heavy atom. The number of aromatic nitrogens is 6. The predicted octanol–water partition coefficient (Wildman–Crippen LogP) is 4.12. The number of halogens is 1. The van der Waals surface area contributed by atoms with Crippen molar-refractivity contribution in [2.45, 2.75) is 20.4 Å². The summed E-state index contributed by atoms with van der Waals surface area (Å²) in [6.45, 7) is 3.76. The lowest BCUT2D eigenvalue weighted by molar-refractivity contribution is 0.0941. The molecule has 0 radical (unpaired) electrons. The van der Waals surface area contributed by atoms with Gasteiger partial charge in [-0.2, -0.15) is 0 Å². The van der Waals surface area contributed by atoms with Crippen molar-refractivity contribution < 1.29 is 13.9 Å². The lowest BCUT2D eigenvalue weighted by Crippen LogP contribution is -2.25. The molecular formula is C29H25FN8O3. The topological polar surface area (TPSA) is 148 Å². The number of hydrogen-bond acceptors (Lipinski definition) is 9. The number of nitrogens with one attached hydrogen (secondary N) is 3. The molecule has 0 aliphatic rings. The van der Waals surface area contributed by atoms with Crippen LogP contribution < -0.4 is 20.9 Å². The van der Waals surface area contributed by atoms with E-state index in [1.54, 1.807) is 44.6 Å². The van der Waals surface area contributed by atoms with Crippen LogP contribution in [0.5, 0.6) is 5.88 Å². The van der Waals surface area contributed by atoms with E-state index in [9.17, 15) is 9.59 Å². The summed E-state index contributed by atoms with van der Waals surface area (Å²) in [6.07, 6.45) is 6.15. The lowest BCUT2D eigenvalue weighted by Gasteiger charge is -2.13. The Labute approximate surface area is 234 Å². The molecule has 41 heavy (non-hydrogen) atoms. The maximum absolute atomic E-state index is 15.0. The molecule has 206 valence electrons. The number of rotatable bonds is 8. The molecule has 11 nitrogen and oxygen atoms in total. The Morgan fingerprint density at radius 1 is 0.976 bits per heavy atom. The molecule has 12 heteroatoms. The summed E-state index contributed by atoms with van der Waals surface area (Å²) < 4.78 is 20.1. The van der Waals surface area contributed by atoms with Gasteiger partial charge in [0.15, 0.2) is 17.3 Å². The minimum absolute atomic E-state index is 0.132. The first kappa shape index (κ1) is 27.1. The highest BCUT2D eigenvalue weighted by molar-refractivity contribution is 5.92. The number of nitrogens with zero attached hydrogens (tertiary/aromatic N) is 5. The van der Waals surface area contributed by atoms with Gasteiger partial charge in [0.25, 0.3) is 5.91 Å². The number of carbonyl (C=O) groups is 1. The molecule has 0 aromatic carbocycles. The van der Waals surface area contributed by atoms with E-state index in [4.69, 9.17) is 4.74 Å². The number of amides is 1. The van der Waals surface area contributed by atoms with E-state index in [-0.39, 0.29) is 23.6 Å². The number of hydrogen-bond donors (Lipinski definition) is 3. The third-order valence-corrected chi connectivity index (χ3v) is 6.26. The van der Waals surface area contributed by atoms with Gasteiger partial charge in [0.1, 0.15) is 5.82 Å². The third-order valence-electron chi connectivity index (χ3n) is 6.26. The van der Waals surface area contributed by atoms with Crippen molar-refractivity contribution in [1.82, 2.24) is 35.2 Å². The van der Waals surface area contributed by atoms with Crippen LogP contribution in [-0.4, -0.2) is 42.9 Å². The van der Waals surface area contributed by atoms with E-state index in [1.165, 1.54) is 24.5 Å². The van der Waals surface area contributed by atoms with Crippen molar-refractivity contribution in [3.63, 3.8) is 0 Å². The Balaban J connectivity index is 1.27. The highest BCUT2D eigenvalue weighted by atomic mass is 19.1. The molecule has 0 atom stereocenters. The number of H-pyrrole nitrogens is 1. The highest BCUT2D eigenvalue weighted by Crippen LogP contribution is 2.25. The van der Waals surface area contributed by atoms with Crippen molar-refractivity contribution in [3.8, 4) is 28.5 Å². The Hall–Kier alpha value is -5.52. The van der Waals surface area contributed by atoms with Crippen molar-refractivity contribution in [2.24, 2.45) is 0 Å². The van der Waals surface area contributed by atoms with Gasteiger partial charge in [0.05, 0.1) is 12.8 Å². The quantitative estimate of drug-likeness (QED) is 0.258. The van der Waals surface area contributed by atoms with E-state index in [0.717, 1.165) is 16.7 Å². The van der Waals surface area contributed by atoms with Crippen LogP contribution in [-0.2, 0) is 6.54 Å². The van der Waals surface area contributed by atoms with Crippen LogP contribution in [0.4, 0.5) is 15.9 Å². The van der Waals surface area contributed by atoms with Gasteiger partial charge in [0.2, 0.25) is 11.4 Å². The molecule has 1 amide bonds. The Morgan fingerprint density at radius 2 is 1.80 bits per heavy atom. The molecule has 0 aliphatic carbocycles. The fourth-order valence-corrected chi connectivity index (χ4v) is 3.88. The van der Waals surface area contributed by atoms with Crippen LogP contribution >= 0.6 is 0 Å². The molecule has 3 N–H and O–H groups in total. The van der Waals surface area contributed by atoms with Gasteiger partial charge in [-0.3, -0.25) is 14.6 Å². The normalized spacial score (nSPS) is 10.7. The van der Waals surface area contributed by atoms with E-state index in [2.05, 4.69) is 40.5 Å². The summed E-state index contributed by atoms with van der Waals surface area (Å²) >= 11 is 0. The summed E-state index contributed by atoms with van der Waals surface area (Å²) in [5.41, 5.74) is 3.90. The molecule has 5 heterocycles. The molecule has 5 rings (SSSR count). The zero-order chi connectivity index (χ0) is 28.9. The smallest absolute Gasteiger partial charge is 0.273 e. The summed E-state index contributed by atoms with van der Waals surface area (Å²) in [6, 6.07) is 11.5. The average Bonchev–Trinajstić information content (AvgIpc) is 2.98. The number of aryl methyl sites for hydroxylation is 1. The molecule has 5 aromatic heterocycles. The van der Waals surface area contributed by atoms with E-state index >= 15 is 4.39 Å². The van der Waals surface area contributed by atoms with E-state index in [0.29, 0.717) is 34.3 Å². The third kappa shape index (κ3) is 6.22. The molecule has 0 unspecified atom stereocenters. The van der Waals surface area contributed by atoms with Gasteiger partial charge >= 0.3 is 0 Å². The zero-order valence-electron chi connectivity index (χ0n) is 22.4. The maximum atomic E-state index is 15.0. The zero-order valence-corrected chi connectivity index (χ0v) is 22.4. The molecule has 0 fully saturated rings. The second-order valence-electron chi connectivity index (χ2n) is 9.05. The van der Waals surface area contributed by atoms with Crippen molar-refractivity contribution in [3.05, 3.63) is 106 Å². The standard InChI is InChI=1S/C29H25FN8O3/c1-16-17(2)36-28(38-27(16)37-21-8-9-31-24(39)11-21)20-10-22(30)26(34-15-20)29(40)35-13-18-4-6-23(32-12-18)19-5-7-25(41-3)33-14-19/h4-12,14-15H,13H2,1-3H3,(H,35,40)(H2,31,36,37,38,39). The first-order valence-electron chi connectivity index (χ1n) is 12.5. The number of ether oxygens (including phenoxy) is 1. The summed E-state index contributed by atoms with van der Waals surface area (Å²) in [7, 11) is 1.55. The molecule has 0 saturated heterocycles. The maximum Gasteiger partial charge on any atom is 0.273 e. The van der Waals surface area contributed by atoms with Crippen LogP contribution in [0, 0.1) is 19.7 Å². The first-order chi connectivity index (χ1) is 19.8. The van der Waals surface area contributed by atoms with Gasteiger partial charge in [-0.05, 0) is 43.7 Å². The van der Waals surface area contributed by atoms with Gasteiger partial charge in [-0.25, -0.2) is 24.3 Å². The van der Waals surface area contributed by atoms with Gasteiger partial charge in [-0.1, -0.05) is 6.07 Å². The first-order valence-corrected chi connectivity index (χ1v) is 12.5. The fraction of sp³-hybridized carbons (Fsp3) is 0.138. The fourth-order valence-electron chi connectivity index (χ4n) is 3.88. The molecule has 0 spiro atoms. The monoisotopic (exact) mass is 552 g/mol. The minimum atomic E-state index is -0.814. The van der Waals surface area contributed by atoms with Crippen molar-refractivity contribution >= 4 is 17.4 Å². The van der Waals surface area contributed by atoms with Crippen LogP contribution in [0.2, 0.25) is 0 Å². The van der Waals surface area contributed by atoms with E-state index < -0.39 is 11.7 Å². The van der Waals surface area contributed by atoms with Crippen LogP contribution in [0.15, 0.2) is 72.0 Å². The summed E-state index contributed by atoms with van der Waals surface area (Å²) in [5, 5.41) is 5.76. The molecule has 0 aliphatic heterocycles. The predicted molar refractivity (Wildman–Crippen MR) is 150 cm³/mol. The Bertz CT molecular complexity index is 1770. The average molecular weight is 553 g/mol. The number of carbonyl (C=O) groups excluding carboxylic acids is 1. The SMILES string of the molecule is COc1ccc(-c2ccc(CNC(=O)c3ncc(-c4nc(C)c(C)c(Nc5cc[nH]c(=O)c5)n4)cc3F)cn2)cn1. The minimum Gasteiger partial charge on any atom is -0.481 e. The van der Waals surface area contributed by atoms with Crippen LogP contribution in [0.25, 0.3) is 22.6 Å². The summed E-state index contributed by atoms with van der Waals surface area (Å²) in [5.74, 6) is -0.297. The molecule has 0 saturated carbocycles. The Kier molecular flexibility index (Phi) is 7.72. The number of anilines is 2. The van der Waals surface area contributed by atoms with Crippen LogP contribution in [0.3, 0.4) is 0 Å². The molecular weight excluding hydrogens is 527 g/mol. The van der Waals surface area contributed by atoms with Gasteiger partial charge in [0, 0.05) is 71.5 Å². The largest absolute Gasteiger partial charge is 0.481 e. The van der Waals surface area contributed by atoms with Crippen LogP contribution in [0.1, 0.15) is 27.3 Å². The number of pyridine rings is 4. The molecule has 0 bridgehead atoms. The second-order valence-corrected chi connectivity index (χ2v) is 9.05. The van der Waals surface area contributed by atoms with Crippen molar-refractivity contribution in [1.29, 1.82) is 0 Å². The number of aromatic amines is 1. The second kappa shape index (κ2) is 11.7. The molecule has 5 aromatic rings. The van der Waals surface area contributed by atoms with Gasteiger partial charge < -0.3 is 20.4 Å².